The Bertz CT molecular complexity index is 631. The lowest BCUT2D eigenvalue weighted by Gasteiger charge is -2.14. The number of nitrogens with zero attached hydrogens (tertiary/aromatic N) is 2. The van der Waals surface area contributed by atoms with Crippen molar-refractivity contribution in [3.05, 3.63) is 54.8 Å². The van der Waals surface area contributed by atoms with Crippen LogP contribution in [0.2, 0.25) is 0 Å². The fraction of sp³-hybridized carbons (Fsp3) is 0.143. The van der Waals surface area contributed by atoms with Gasteiger partial charge in [-0.3, -0.25) is 5.10 Å². The predicted molar refractivity (Wildman–Crippen MR) is 72.6 cm³/mol. The highest BCUT2D eigenvalue weighted by Gasteiger charge is 2.07. The number of H-pyrrole nitrogens is 1. The number of aromatic nitrogens is 3. The van der Waals surface area contributed by atoms with Crippen LogP contribution in [-0.4, -0.2) is 15.2 Å². The van der Waals surface area contributed by atoms with E-state index >= 15 is 0 Å². The fourth-order valence-electron chi connectivity index (χ4n) is 1.96. The van der Waals surface area contributed by atoms with E-state index in [1.54, 1.807) is 12.4 Å². The van der Waals surface area contributed by atoms with E-state index in [0.29, 0.717) is 0 Å². The summed E-state index contributed by atoms with van der Waals surface area (Å²) in [4.78, 5) is 3.93. The summed E-state index contributed by atoms with van der Waals surface area (Å²) >= 11 is 0. The summed E-state index contributed by atoms with van der Waals surface area (Å²) in [5.74, 6) is 0.762. The lowest BCUT2D eigenvalue weighted by Crippen LogP contribution is -2.06. The number of hydrogen-bond donors (Lipinski definition) is 2. The molecular formula is C14H14N4O. The highest BCUT2D eigenvalue weighted by atomic mass is 16.3. The summed E-state index contributed by atoms with van der Waals surface area (Å²) in [6.45, 7) is 2.08. The standard InChI is InChI=1S/C14H14N4O/c1-10(13-5-6-16-18-13)17-12-4-2-3-11(7-12)14-8-15-9-19-14/h2-10,17H,1H3,(H,16,18). The van der Waals surface area contributed by atoms with Gasteiger partial charge in [0.15, 0.2) is 12.2 Å². The average Bonchev–Trinajstić information content (AvgIpc) is 3.13. The van der Waals surface area contributed by atoms with Crippen LogP contribution < -0.4 is 5.32 Å². The van der Waals surface area contributed by atoms with Crippen molar-refractivity contribution in [1.29, 1.82) is 0 Å². The maximum atomic E-state index is 5.30. The molecule has 2 heterocycles. The normalized spacial score (nSPS) is 12.3. The van der Waals surface area contributed by atoms with Crippen molar-refractivity contribution < 1.29 is 4.42 Å². The van der Waals surface area contributed by atoms with Gasteiger partial charge in [0.2, 0.25) is 0 Å². The second-order valence-corrected chi connectivity index (χ2v) is 4.32. The van der Waals surface area contributed by atoms with Crippen molar-refractivity contribution in [1.82, 2.24) is 15.2 Å². The zero-order valence-electron chi connectivity index (χ0n) is 10.5. The van der Waals surface area contributed by atoms with Gasteiger partial charge in [-0.05, 0) is 25.1 Å². The molecule has 96 valence electrons. The molecule has 0 aliphatic rings. The summed E-state index contributed by atoms with van der Waals surface area (Å²) in [5.41, 5.74) is 3.07. The lowest BCUT2D eigenvalue weighted by molar-refractivity contribution is 0.572. The fourth-order valence-corrected chi connectivity index (χ4v) is 1.96. The minimum Gasteiger partial charge on any atom is -0.444 e. The topological polar surface area (TPSA) is 66.7 Å². The van der Waals surface area contributed by atoms with Crippen LogP contribution in [0.4, 0.5) is 5.69 Å². The van der Waals surface area contributed by atoms with Gasteiger partial charge in [-0.2, -0.15) is 5.10 Å². The molecule has 1 unspecified atom stereocenters. The lowest BCUT2D eigenvalue weighted by atomic mass is 10.1. The zero-order valence-corrected chi connectivity index (χ0v) is 10.5. The van der Waals surface area contributed by atoms with Gasteiger partial charge in [-0.1, -0.05) is 12.1 Å². The molecular weight excluding hydrogens is 240 g/mol. The molecule has 0 aliphatic carbocycles. The first-order chi connectivity index (χ1) is 9.33. The molecule has 1 aromatic carbocycles. The summed E-state index contributed by atoms with van der Waals surface area (Å²) in [7, 11) is 0. The Labute approximate surface area is 110 Å². The van der Waals surface area contributed by atoms with E-state index in [2.05, 4.69) is 27.4 Å². The van der Waals surface area contributed by atoms with Gasteiger partial charge in [0.25, 0.3) is 0 Å². The van der Waals surface area contributed by atoms with Crippen LogP contribution in [0.3, 0.4) is 0 Å². The molecule has 0 aliphatic heterocycles. The summed E-state index contributed by atoms with van der Waals surface area (Å²) in [6, 6.07) is 10.2. The van der Waals surface area contributed by atoms with Crippen molar-refractivity contribution in [2.45, 2.75) is 13.0 Å². The number of benzene rings is 1. The molecule has 0 bridgehead atoms. The quantitative estimate of drug-likeness (QED) is 0.750. The van der Waals surface area contributed by atoms with Gasteiger partial charge in [-0.15, -0.1) is 0 Å². The third kappa shape index (κ3) is 2.49. The first-order valence-electron chi connectivity index (χ1n) is 6.07. The molecule has 0 saturated heterocycles. The summed E-state index contributed by atoms with van der Waals surface area (Å²) in [6.07, 6.45) is 4.89. The molecule has 2 aromatic heterocycles. The molecule has 5 heteroatoms. The van der Waals surface area contributed by atoms with E-state index in [9.17, 15) is 0 Å². The Morgan fingerprint density at radius 3 is 3.00 bits per heavy atom. The first kappa shape index (κ1) is 11.5. The molecule has 2 N–H and O–H groups in total. The highest BCUT2D eigenvalue weighted by molar-refractivity contribution is 5.63. The van der Waals surface area contributed by atoms with Gasteiger partial charge in [0.1, 0.15) is 0 Å². The van der Waals surface area contributed by atoms with Crippen molar-refractivity contribution in [3.8, 4) is 11.3 Å². The van der Waals surface area contributed by atoms with Crippen LogP contribution in [0.5, 0.6) is 0 Å². The van der Waals surface area contributed by atoms with Crippen LogP contribution in [0.1, 0.15) is 18.7 Å². The Morgan fingerprint density at radius 1 is 1.32 bits per heavy atom. The predicted octanol–water partition coefficient (Wildman–Crippen LogP) is 3.24. The average molecular weight is 254 g/mol. The Hall–Kier alpha value is -2.56. The number of oxazole rings is 1. The minimum atomic E-state index is 0.160. The highest BCUT2D eigenvalue weighted by Crippen LogP contribution is 2.24. The van der Waals surface area contributed by atoms with E-state index in [1.165, 1.54) is 6.39 Å². The van der Waals surface area contributed by atoms with Gasteiger partial charge >= 0.3 is 0 Å². The molecule has 0 spiro atoms. The van der Waals surface area contributed by atoms with Crippen molar-refractivity contribution in [2.24, 2.45) is 0 Å². The van der Waals surface area contributed by atoms with Crippen molar-refractivity contribution in [2.75, 3.05) is 5.32 Å². The van der Waals surface area contributed by atoms with Crippen LogP contribution in [-0.2, 0) is 0 Å². The van der Waals surface area contributed by atoms with Crippen LogP contribution in [0, 0.1) is 0 Å². The van der Waals surface area contributed by atoms with E-state index in [-0.39, 0.29) is 6.04 Å². The molecule has 19 heavy (non-hydrogen) atoms. The second-order valence-electron chi connectivity index (χ2n) is 4.32. The van der Waals surface area contributed by atoms with Crippen LogP contribution >= 0.6 is 0 Å². The SMILES string of the molecule is CC(Nc1cccc(-c2cnco2)c1)c1ccn[nH]1. The zero-order chi connectivity index (χ0) is 13.1. The van der Waals surface area contributed by atoms with Crippen LogP contribution in [0.15, 0.2) is 53.5 Å². The number of rotatable bonds is 4. The summed E-state index contributed by atoms with van der Waals surface area (Å²) < 4.78 is 5.30. The molecule has 0 radical (unpaired) electrons. The molecule has 0 fully saturated rings. The minimum absolute atomic E-state index is 0.160. The number of anilines is 1. The van der Waals surface area contributed by atoms with Gasteiger partial charge in [0.05, 0.1) is 17.9 Å². The van der Waals surface area contributed by atoms with E-state index in [0.717, 1.165) is 22.7 Å². The van der Waals surface area contributed by atoms with Crippen LogP contribution in [0.25, 0.3) is 11.3 Å². The molecule has 3 aromatic rings. The smallest absolute Gasteiger partial charge is 0.181 e. The Balaban J connectivity index is 1.80. The monoisotopic (exact) mass is 254 g/mol. The second kappa shape index (κ2) is 4.97. The Kier molecular flexibility index (Phi) is 3.02. The maximum Gasteiger partial charge on any atom is 0.181 e. The number of aromatic amines is 1. The van der Waals surface area contributed by atoms with Gasteiger partial charge < -0.3 is 9.73 Å². The van der Waals surface area contributed by atoms with E-state index in [4.69, 9.17) is 4.42 Å². The molecule has 3 rings (SSSR count). The number of hydrogen-bond acceptors (Lipinski definition) is 4. The third-order valence-electron chi connectivity index (χ3n) is 2.95. The van der Waals surface area contributed by atoms with Gasteiger partial charge in [-0.25, -0.2) is 4.98 Å². The molecule has 5 nitrogen and oxygen atoms in total. The number of nitrogens with one attached hydrogen (secondary N) is 2. The van der Waals surface area contributed by atoms with Gasteiger partial charge in [0, 0.05) is 17.4 Å². The van der Waals surface area contributed by atoms with E-state index < -0.39 is 0 Å². The Morgan fingerprint density at radius 2 is 2.26 bits per heavy atom. The third-order valence-corrected chi connectivity index (χ3v) is 2.95. The largest absolute Gasteiger partial charge is 0.444 e. The van der Waals surface area contributed by atoms with Crippen molar-refractivity contribution >= 4 is 5.69 Å². The summed E-state index contributed by atoms with van der Waals surface area (Å²) in [5, 5.41) is 10.3. The van der Waals surface area contributed by atoms with Crippen molar-refractivity contribution in [3.63, 3.8) is 0 Å². The first-order valence-corrected chi connectivity index (χ1v) is 6.07. The maximum absolute atomic E-state index is 5.30. The molecule has 1 atom stereocenters. The van der Waals surface area contributed by atoms with E-state index in [1.807, 2.05) is 30.3 Å². The molecule has 0 saturated carbocycles. The molecule has 0 amide bonds.